The summed E-state index contributed by atoms with van der Waals surface area (Å²) in [4.78, 5) is 9.86. The summed E-state index contributed by atoms with van der Waals surface area (Å²) >= 11 is 0. The van der Waals surface area contributed by atoms with E-state index >= 15 is 0 Å². The van der Waals surface area contributed by atoms with E-state index in [0.29, 0.717) is 5.56 Å². The SMILES string of the molecule is O=[N+]([O-])c1ccc(CS(=O)(=O)NC(CO)CO)cc1. The van der Waals surface area contributed by atoms with Crippen LogP contribution in [0.3, 0.4) is 0 Å². The van der Waals surface area contributed by atoms with Crippen LogP contribution in [0.2, 0.25) is 0 Å². The quantitative estimate of drug-likeness (QED) is 0.452. The molecule has 0 bridgehead atoms. The lowest BCUT2D eigenvalue weighted by molar-refractivity contribution is -0.384. The van der Waals surface area contributed by atoms with Crippen LogP contribution in [0.15, 0.2) is 24.3 Å². The third kappa shape index (κ3) is 4.91. The number of rotatable bonds is 7. The fourth-order valence-corrected chi connectivity index (χ4v) is 2.73. The van der Waals surface area contributed by atoms with Crippen LogP contribution in [0.25, 0.3) is 0 Å². The number of nitrogens with one attached hydrogen (secondary N) is 1. The lowest BCUT2D eigenvalue weighted by Gasteiger charge is -2.13. The van der Waals surface area contributed by atoms with Crippen LogP contribution in [-0.2, 0) is 15.8 Å². The summed E-state index contributed by atoms with van der Waals surface area (Å²) in [6.45, 7) is -1.04. The van der Waals surface area contributed by atoms with Crippen molar-refractivity contribution in [3.63, 3.8) is 0 Å². The van der Waals surface area contributed by atoms with E-state index in [1.54, 1.807) is 0 Å². The second-order valence-corrected chi connectivity index (χ2v) is 5.62. The Morgan fingerprint density at radius 3 is 2.16 bits per heavy atom. The molecule has 0 heterocycles. The van der Waals surface area contributed by atoms with E-state index in [1.165, 1.54) is 24.3 Å². The van der Waals surface area contributed by atoms with Gasteiger partial charge in [0.1, 0.15) is 0 Å². The molecule has 0 fully saturated rings. The summed E-state index contributed by atoms with van der Waals surface area (Å²) < 4.78 is 25.5. The summed E-state index contributed by atoms with van der Waals surface area (Å²) in [5.74, 6) is -0.387. The number of nitro groups is 1. The first kappa shape index (κ1) is 15.5. The third-order valence-electron chi connectivity index (χ3n) is 2.29. The van der Waals surface area contributed by atoms with Gasteiger partial charge in [-0.15, -0.1) is 0 Å². The molecule has 19 heavy (non-hydrogen) atoms. The first-order valence-corrected chi connectivity index (χ1v) is 6.98. The lowest BCUT2D eigenvalue weighted by Crippen LogP contribution is -2.40. The maximum absolute atomic E-state index is 11.7. The van der Waals surface area contributed by atoms with E-state index < -0.39 is 34.2 Å². The molecule has 3 N–H and O–H groups in total. The zero-order valence-electron chi connectivity index (χ0n) is 9.89. The second-order valence-electron chi connectivity index (χ2n) is 3.86. The van der Waals surface area contributed by atoms with Gasteiger partial charge in [0.05, 0.1) is 29.9 Å². The van der Waals surface area contributed by atoms with Crippen molar-refractivity contribution in [2.75, 3.05) is 13.2 Å². The van der Waals surface area contributed by atoms with Crippen LogP contribution < -0.4 is 4.72 Å². The molecular formula is C10H14N2O6S. The molecule has 9 heteroatoms. The van der Waals surface area contributed by atoms with Gasteiger partial charge in [0.2, 0.25) is 10.0 Å². The van der Waals surface area contributed by atoms with Gasteiger partial charge in [0.25, 0.3) is 5.69 Å². The Bertz CT molecular complexity index is 523. The minimum atomic E-state index is -3.73. The Kier molecular flexibility index (Phi) is 5.36. The van der Waals surface area contributed by atoms with Crippen LogP contribution in [0.5, 0.6) is 0 Å². The molecule has 0 amide bonds. The van der Waals surface area contributed by atoms with Crippen molar-refractivity contribution >= 4 is 15.7 Å². The largest absolute Gasteiger partial charge is 0.395 e. The number of sulfonamides is 1. The van der Waals surface area contributed by atoms with Crippen molar-refractivity contribution in [1.82, 2.24) is 4.72 Å². The molecule has 0 aromatic heterocycles. The van der Waals surface area contributed by atoms with Crippen LogP contribution >= 0.6 is 0 Å². The molecule has 0 aliphatic carbocycles. The number of aliphatic hydroxyl groups is 2. The average Bonchev–Trinajstić information content (AvgIpc) is 2.36. The smallest absolute Gasteiger partial charge is 0.269 e. The zero-order chi connectivity index (χ0) is 14.5. The normalized spacial score (nSPS) is 11.7. The van der Waals surface area contributed by atoms with E-state index in [1.807, 2.05) is 0 Å². The van der Waals surface area contributed by atoms with Gasteiger partial charge in [-0.05, 0) is 5.56 Å². The molecule has 0 aliphatic heterocycles. The minimum Gasteiger partial charge on any atom is -0.395 e. The number of hydrogen-bond acceptors (Lipinski definition) is 6. The minimum absolute atomic E-state index is 0.127. The molecule has 0 atom stereocenters. The Hall–Kier alpha value is -1.55. The van der Waals surface area contributed by atoms with Crippen LogP contribution in [0.1, 0.15) is 5.56 Å². The fourth-order valence-electron chi connectivity index (χ4n) is 1.36. The highest BCUT2D eigenvalue weighted by Gasteiger charge is 2.17. The monoisotopic (exact) mass is 290 g/mol. The highest BCUT2D eigenvalue weighted by Crippen LogP contribution is 2.13. The zero-order valence-corrected chi connectivity index (χ0v) is 10.7. The summed E-state index contributed by atoms with van der Waals surface area (Å²) in [5, 5.41) is 28.0. The molecule has 1 rings (SSSR count). The van der Waals surface area contributed by atoms with E-state index in [9.17, 15) is 18.5 Å². The van der Waals surface area contributed by atoms with Crippen molar-refractivity contribution in [3.8, 4) is 0 Å². The molecule has 106 valence electrons. The second kappa shape index (κ2) is 6.57. The van der Waals surface area contributed by atoms with Gasteiger partial charge in [0, 0.05) is 12.1 Å². The van der Waals surface area contributed by atoms with Gasteiger partial charge in [-0.25, -0.2) is 13.1 Å². The highest BCUT2D eigenvalue weighted by atomic mass is 32.2. The number of nitrogens with zero attached hydrogens (tertiary/aromatic N) is 1. The maximum atomic E-state index is 11.7. The Balaban J connectivity index is 2.75. The summed E-state index contributed by atoms with van der Waals surface area (Å²) in [6, 6.07) is 4.14. The van der Waals surface area contributed by atoms with Gasteiger partial charge in [-0.2, -0.15) is 0 Å². The van der Waals surface area contributed by atoms with E-state index in [4.69, 9.17) is 10.2 Å². The molecule has 0 aliphatic rings. The van der Waals surface area contributed by atoms with Gasteiger partial charge in [-0.1, -0.05) is 12.1 Å². The molecule has 0 radical (unpaired) electrons. The molecule has 1 aromatic carbocycles. The maximum Gasteiger partial charge on any atom is 0.269 e. The summed E-state index contributed by atoms with van der Waals surface area (Å²) in [5.41, 5.74) is 0.241. The number of aliphatic hydroxyl groups excluding tert-OH is 2. The summed E-state index contributed by atoms with van der Waals surface area (Å²) in [6.07, 6.45) is 0. The van der Waals surface area contributed by atoms with E-state index in [0.717, 1.165) is 0 Å². The Morgan fingerprint density at radius 1 is 1.21 bits per heavy atom. The van der Waals surface area contributed by atoms with Crippen LogP contribution in [0, 0.1) is 10.1 Å². The van der Waals surface area contributed by atoms with Gasteiger partial charge < -0.3 is 10.2 Å². The Labute approximate surface area is 109 Å². The Morgan fingerprint density at radius 2 is 1.74 bits per heavy atom. The van der Waals surface area contributed by atoms with Crippen molar-refractivity contribution in [2.24, 2.45) is 0 Å². The van der Waals surface area contributed by atoms with E-state index in [2.05, 4.69) is 4.72 Å². The lowest BCUT2D eigenvalue weighted by atomic mass is 10.2. The number of nitro benzene ring substituents is 1. The van der Waals surface area contributed by atoms with Crippen LogP contribution in [0.4, 0.5) is 5.69 Å². The average molecular weight is 290 g/mol. The third-order valence-corrected chi connectivity index (χ3v) is 3.70. The standard InChI is InChI=1S/C10H14N2O6S/c13-5-9(6-14)11-19(17,18)7-8-1-3-10(4-2-8)12(15)16/h1-4,9,11,13-14H,5-7H2. The summed E-state index contributed by atoms with van der Waals surface area (Å²) in [7, 11) is -3.73. The predicted octanol–water partition coefficient (Wildman–Crippen LogP) is -0.633. The molecule has 0 saturated heterocycles. The number of benzene rings is 1. The number of non-ortho nitro benzene ring substituents is 1. The molecule has 0 spiro atoms. The van der Waals surface area contributed by atoms with Gasteiger partial charge in [-0.3, -0.25) is 10.1 Å². The number of hydrogen-bond donors (Lipinski definition) is 3. The van der Waals surface area contributed by atoms with Crippen molar-refractivity contribution in [1.29, 1.82) is 0 Å². The van der Waals surface area contributed by atoms with Crippen LogP contribution in [-0.4, -0.2) is 42.8 Å². The first-order valence-electron chi connectivity index (χ1n) is 5.33. The van der Waals surface area contributed by atoms with E-state index in [-0.39, 0.29) is 11.4 Å². The van der Waals surface area contributed by atoms with Crippen molar-refractivity contribution in [3.05, 3.63) is 39.9 Å². The van der Waals surface area contributed by atoms with Gasteiger partial charge in [0.15, 0.2) is 0 Å². The molecule has 8 nitrogen and oxygen atoms in total. The molecule has 0 saturated carbocycles. The van der Waals surface area contributed by atoms with Gasteiger partial charge >= 0.3 is 0 Å². The van der Waals surface area contributed by atoms with Crippen molar-refractivity contribution < 1.29 is 23.6 Å². The fraction of sp³-hybridized carbons (Fsp3) is 0.400. The highest BCUT2D eigenvalue weighted by molar-refractivity contribution is 7.88. The molecular weight excluding hydrogens is 276 g/mol. The molecule has 1 aromatic rings. The van der Waals surface area contributed by atoms with Crippen molar-refractivity contribution in [2.45, 2.75) is 11.8 Å². The first-order chi connectivity index (χ1) is 8.88. The topological polar surface area (TPSA) is 130 Å². The molecule has 0 unspecified atom stereocenters. The predicted molar refractivity (Wildman–Crippen MR) is 66.8 cm³/mol.